The number of aryl methyl sites for hydroxylation is 1. The standard InChI is InChI=1S/C18H22ClN3O2/c1-2-15-14(12-22-7-3-4-8-22)9-16(24-15)18(23)21-11-13-5-6-17(19)20-10-13/h5-6,9-10H,2-4,7-8,11-12H2,1H3,(H,21,23). The zero-order valence-corrected chi connectivity index (χ0v) is 14.6. The Bertz CT molecular complexity index is 691. The van der Waals surface area contributed by atoms with Crippen molar-refractivity contribution < 1.29 is 9.21 Å². The maximum atomic E-state index is 12.3. The van der Waals surface area contributed by atoms with E-state index in [-0.39, 0.29) is 5.91 Å². The van der Waals surface area contributed by atoms with E-state index in [9.17, 15) is 4.79 Å². The third-order valence-corrected chi connectivity index (χ3v) is 4.50. The molecule has 0 aromatic carbocycles. The Morgan fingerprint density at radius 1 is 1.38 bits per heavy atom. The molecule has 0 bridgehead atoms. The third-order valence-electron chi connectivity index (χ3n) is 4.28. The van der Waals surface area contributed by atoms with Gasteiger partial charge in [-0.2, -0.15) is 0 Å². The number of nitrogens with one attached hydrogen (secondary N) is 1. The molecule has 128 valence electrons. The molecule has 3 heterocycles. The van der Waals surface area contributed by atoms with Gasteiger partial charge in [-0.3, -0.25) is 9.69 Å². The van der Waals surface area contributed by atoms with Crippen molar-refractivity contribution in [2.24, 2.45) is 0 Å². The summed E-state index contributed by atoms with van der Waals surface area (Å²) < 4.78 is 5.77. The highest BCUT2D eigenvalue weighted by Crippen LogP contribution is 2.21. The summed E-state index contributed by atoms with van der Waals surface area (Å²) in [7, 11) is 0. The predicted molar refractivity (Wildman–Crippen MR) is 93.0 cm³/mol. The van der Waals surface area contributed by atoms with Crippen LogP contribution in [0.25, 0.3) is 0 Å². The van der Waals surface area contributed by atoms with Crippen LogP contribution in [-0.4, -0.2) is 28.9 Å². The number of hydrogen-bond acceptors (Lipinski definition) is 4. The minimum Gasteiger partial charge on any atom is -0.456 e. The van der Waals surface area contributed by atoms with Gasteiger partial charge in [0.25, 0.3) is 5.91 Å². The summed E-state index contributed by atoms with van der Waals surface area (Å²) >= 11 is 5.76. The smallest absolute Gasteiger partial charge is 0.287 e. The van der Waals surface area contributed by atoms with Crippen molar-refractivity contribution in [3.8, 4) is 0 Å². The molecule has 2 aromatic rings. The number of carbonyl (C=O) groups excluding carboxylic acids is 1. The molecule has 3 rings (SSSR count). The molecule has 0 saturated carbocycles. The maximum Gasteiger partial charge on any atom is 0.287 e. The zero-order valence-electron chi connectivity index (χ0n) is 13.8. The van der Waals surface area contributed by atoms with Crippen molar-refractivity contribution in [2.45, 2.75) is 39.3 Å². The van der Waals surface area contributed by atoms with E-state index in [0.717, 1.165) is 42.9 Å². The molecule has 0 atom stereocenters. The summed E-state index contributed by atoms with van der Waals surface area (Å²) in [6, 6.07) is 5.43. The Labute approximate surface area is 147 Å². The van der Waals surface area contributed by atoms with Crippen molar-refractivity contribution in [2.75, 3.05) is 13.1 Å². The van der Waals surface area contributed by atoms with Gasteiger partial charge in [0, 0.05) is 31.3 Å². The SMILES string of the molecule is CCc1oc(C(=O)NCc2ccc(Cl)nc2)cc1CN1CCCC1. The van der Waals surface area contributed by atoms with Crippen LogP contribution in [0, 0.1) is 0 Å². The van der Waals surface area contributed by atoms with E-state index in [2.05, 4.69) is 15.2 Å². The molecule has 1 saturated heterocycles. The lowest BCUT2D eigenvalue weighted by Crippen LogP contribution is -2.22. The van der Waals surface area contributed by atoms with Gasteiger partial charge in [-0.25, -0.2) is 4.98 Å². The number of likely N-dealkylation sites (tertiary alicyclic amines) is 1. The van der Waals surface area contributed by atoms with Crippen LogP contribution < -0.4 is 5.32 Å². The topological polar surface area (TPSA) is 58.4 Å². The van der Waals surface area contributed by atoms with Gasteiger partial charge in [0.1, 0.15) is 10.9 Å². The molecule has 6 heteroatoms. The second kappa shape index (κ2) is 7.81. The predicted octanol–water partition coefficient (Wildman–Crippen LogP) is 3.42. The van der Waals surface area contributed by atoms with Gasteiger partial charge in [0.2, 0.25) is 0 Å². The highest BCUT2D eigenvalue weighted by molar-refractivity contribution is 6.29. The fourth-order valence-corrected chi connectivity index (χ4v) is 3.09. The number of hydrogen-bond donors (Lipinski definition) is 1. The van der Waals surface area contributed by atoms with Crippen molar-refractivity contribution in [1.82, 2.24) is 15.2 Å². The molecule has 1 amide bonds. The van der Waals surface area contributed by atoms with Gasteiger partial charge in [-0.05, 0) is 43.6 Å². The van der Waals surface area contributed by atoms with Crippen LogP contribution in [0.2, 0.25) is 5.15 Å². The van der Waals surface area contributed by atoms with Crippen LogP contribution in [0.1, 0.15) is 47.2 Å². The quantitative estimate of drug-likeness (QED) is 0.813. The Kier molecular flexibility index (Phi) is 5.53. The highest BCUT2D eigenvalue weighted by Gasteiger charge is 2.19. The average Bonchev–Trinajstić information content (AvgIpc) is 3.24. The number of pyridine rings is 1. The monoisotopic (exact) mass is 347 g/mol. The summed E-state index contributed by atoms with van der Waals surface area (Å²) in [6.07, 6.45) is 4.95. The number of halogens is 1. The zero-order chi connectivity index (χ0) is 16.9. The van der Waals surface area contributed by atoms with Crippen molar-refractivity contribution in [1.29, 1.82) is 0 Å². The normalized spacial score (nSPS) is 14.9. The van der Waals surface area contributed by atoms with Crippen LogP contribution >= 0.6 is 11.6 Å². The average molecular weight is 348 g/mol. The molecular weight excluding hydrogens is 326 g/mol. The van der Waals surface area contributed by atoms with Crippen LogP contribution in [0.3, 0.4) is 0 Å². The molecule has 0 radical (unpaired) electrons. The molecule has 1 N–H and O–H groups in total. The Morgan fingerprint density at radius 2 is 2.17 bits per heavy atom. The third kappa shape index (κ3) is 4.16. The molecule has 0 aliphatic carbocycles. The molecule has 1 aliphatic rings. The van der Waals surface area contributed by atoms with Crippen LogP contribution in [0.5, 0.6) is 0 Å². The van der Waals surface area contributed by atoms with E-state index in [0.29, 0.717) is 17.5 Å². The van der Waals surface area contributed by atoms with E-state index < -0.39 is 0 Å². The number of aromatic nitrogens is 1. The van der Waals surface area contributed by atoms with Gasteiger partial charge < -0.3 is 9.73 Å². The summed E-state index contributed by atoms with van der Waals surface area (Å²) in [5.74, 6) is 1.08. The van der Waals surface area contributed by atoms with Crippen molar-refractivity contribution >= 4 is 17.5 Å². The molecular formula is C18H22ClN3O2. The molecule has 24 heavy (non-hydrogen) atoms. The van der Waals surface area contributed by atoms with Gasteiger partial charge in [-0.1, -0.05) is 24.6 Å². The first-order chi connectivity index (χ1) is 11.7. The van der Waals surface area contributed by atoms with Crippen LogP contribution in [0.15, 0.2) is 28.8 Å². The van der Waals surface area contributed by atoms with Crippen molar-refractivity contribution in [3.63, 3.8) is 0 Å². The highest BCUT2D eigenvalue weighted by atomic mass is 35.5. The van der Waals surface area contributed by atoms with Gasteiger partial charge in [-0.15, -0.1) is 0 Å². The molecule has 2 aromatic heterocycles. The molecule has 0 unspecified atom stereocenters. The number of furan rings is 1. The summed E-state index contributed by atoms with van der Waals surface area (Å²) in [6.45, 7) is 5.56. The fraction of sp³-hybridized carbons (Fsp3) is 0.444. The van der Waals surface area contributed by atoms with Crippen LogP contribution in [0.4, 0.5) is 0 Å². The van der Waals surface area contributed by atoms with Gasteiger partial charge >= 0.3 is 0 Å². The van der Waals surface area contributed by atoms with Crippen molar-refractivity contribution in [3.05, 3.63) is 52.2 Å². The first-order valence-electron chi connectivity index (χ1n) is 8.38. The van der Waals surface area contributed by atoms with E-state index in [1.54, 1.807) is 12.3 Å². The summed E-state index contributed by atoms with van der Waals surface area (Å²) in [4.78, 5) is 18.8. The largest absolute Gasteiger partial charge is 0.456 e. The maximum absolute atomic E-state index is 12.3. The van der Waals surface area contributed by atoms with E-state index in [4.69, 9.17) is 16.0 Å². The van der Waals surface area contributed by atoms with Crippen LogP contribution in [-0.2, 0) is 19.5 Å². The summed E-state index contributed by atoms with van der Waals surface area (Å²) in [5.41, 5.74) is 2.02. The Hall–Kier alpha value is -1.85. The van der Waals surface area contributed by atoms with E-state index >= 15 is 0 Å². The Balaban J connectivity index is 1.63. The number of amides is 1. The van der Waals surface area contributed by atoms with E-state index in [1.807, 2.05) is 19.1 Å². The molecule has 1 fully saturated rings. The Morgan fingerprint density at radius 3 is 2.83 bits per heavy atom. The minimum absolute atomic E-state index is 0.202. The second-order valence-corrected chi connectivity index (χ2v) is 6.45. The lowest BCUT2D eigenvalue weighted by molar-refractivity contribution is 0.0921. The lowest BCUT2D eigenvalue weighted by atomic mass is 10.2. The number of rotatable bonds is 6. The summed E-state index contributed by atoms with van der Waals surface area (Å²) in [5, 5.41) is 3.30. The van der Waals surface area contributed by atoms with Gasteiger partial charge in [0.15, 0.2) is 5.76 Å². The lowest BCUT2D eigenvalue weighted by Gasteiger charge is -2.13. The number of nitrogens with zero attached hydrogens (tertiary/aromatic N) is 2. The van der Waals surface area contributed by atoms with Gasteiger partial charge in [0.05, 0.1) is 0 Å². The second-order valence-electron chi connectivity index (χ2n) is 6.07. The number of carbonyl (C=O) groups is 1. The first-order valence-corrected chi connectivity index (χ1v) is 8.76. The molecule has 0 spiro atoms. The minimum atomic E-state index is -0.202. The fourth-order valence-electron chi connectivity index (χ4n) is 2.97. The first kappa shape index (κ1) is 17.0. The molecule has 1 aliphatic heterocycles. The molecule has 5 nitrogen and oxygen atoms in total. The van der Waals surface area contributed by atoms with E-state index in [1.165, 1.54) is 12.8 Å².